The van der Waals surface area contributed by atoms with Crippen molar-refractivity contribution >= 4 is 17.4 Å². The molecule has 0 spiro atoms. The maximum absolute atomic E-state index is 13.1. The molecule has 1 atom stereocenters. The number of ketones is 1. The molecule has 0 saturated heterocycles. The summed E-state index contributed by atoms with van der Waals surface area (Å²) < 4.78 is 3.63. The summed E-state index contributed by atoms with van der Waals surface area (Å²) in [6.07, 6.45) is 8.53. The maximum atomic E-state index is 13.1. The predicted octanol–water partition coefficient (Wildman–Crippen LogP) is 4.86. The molecule has 4 heterocycles. The Morgan fingerprint density at radius 3 is 2.79 bits per heavy atom. The number of nitrogens with one attached hydrogen (secondary N) is 2. The standard InChI is InChI=1S/C28H35N9O/c1-18(2)36-16-22(15-31-36)32-27-30-11-9-24(33-27)20-6-7-23-19(8-10-29-14-21(23)12-20)13-26(38)25-17-37(35-34-25)28(3,4)5/h6-7,9,11-12,15-19,29H,8,10,13-14H2,1-5H3,(H,30,32,33)/t19-/m0/s1. The first-order valence-electron chi connectivity index (χ1n) is 13.1. The van der Waals surface area contributed by atoms with Crippen molar-refractivity contribution in [3.05, 3.63) is 65.9 Å². The number of Topliss-reactive ketones (excluding diaryl/α,β-unsaturated/α-hetero) is 1. The van der Waals surface area contributed by atoms with E-state index in [4.69, 9.17) is 4.98 Å². The van der Waals surface area contributed by atoms with E-state index in [-0.39, 0.29) is 23.3 Å². The highest BCUT2D eigenvalue weighted by Gasteiger charge is 2.25. The second kappa shape index (κ2) is 10.4. The summed E-state index contributed by atoms with van der Waals surface area (Å²) in [5.41, 5.74) is 5.28. The lowest BCUT2D eigenvalue weighted by Gasteiger charge is -2.18. The smallest absolute Gasteiger partial charge is 0.227 e. The van der Waals surface area contributed by atoms with E-state index in [1.807, 2.05) is 37.7 Å². The molecule has 0 aliphatic carbocycles. The second-order valence-corrected chi connectivity index (χ2v) is 11.1. The van der Waals surface area contributed by atoms with Crippen molar-refractivity contribution in [3.63, 3.8) is 0 Å². The van der Waals surface area contributed by atoms with Crippen LogP contribution in [0.2, 0.25) is 0 Å². The van der Waals surface area contributed by atoms with Gasteiger partial charge in [0.1, 0.15) is 5.69 Å². The molecule has 10 heteroatoms. The van der Waals surface area contributed by atoms with Crippen molar-refractivity contribution < 1.29 is 4.79 Å². The number of carbonyl (C=O) groups excluding carboxylic acids is 1. The number of aromatic nitrogens is 7. The first-order chi connectivity index (χ1) is 18.2. The average molecular weight is 514 g/mol. The SMILES string of the molecule is CC(C)n1cc(Nc2nccc(-c3ccc4c(c3)CNCC[C@H]4CC(=O)c3cn(C(C)(C)C)nn3)n2)cn1. The van der Waals surface area contributed by atoms with E-state index in [2.05, 4.69) is 63.1 Å². The quantitative estimate of drug-likeness (QED) is 0.337. The molecule has 38 heavy (non-hydrogen) atoms. The third-order valence-electron chi connectivity index (χ3n) is 6.80. The molecule has 0 saturated carbocycles. The van der Waals surface area contributed by atoms with Crippen molar-refractivity contribution in [2.45, 2.75) is 71.5 Å². The number of nitrogens with zero attached hydrogens (tertiary/aromatic N) is 7. The maximum Gasteiger partial charge on any atom is 0.227 e. The van der Waals surface area contributed by atoms with Crippen LogP contribution in [0.3, 0.4) is 0 Å². The molecule has 1 aliphatic heterocycles. The molecular formula is C28H35N9O. The summed E-state index contributed by atoms with van der Waals surface area (Å²) in [6.45, 7) is 11.9. The Hall–Kier alpha value is -3.92. The summed E-state index contributed by atoms with van der Waals surface area (Å²) in [7, 11) is 0. The van der Waals surface area contributed by atoms with Crippen molar-refractivity contribution in [1.82, 2.24) is 40.1 Å². The average Bonchev–Trinajstić information content (AvgIpc) is 3.52. The van der Waals surface area contributed by atoms with Gasteiger partial charge in [0.15, 0.2) is 5.78 Å². The van der Waals surface area contributed by atoms with Crippen LogP contribution in [0.5, 0.6) is 0 Å². The van der Waals surface area contributed by atoms with Gasteiger partial charge in [0, 0.05) is 37.0 Å². The van der Waals surface area contributed by atoms with Crippen molar-refractivity contribution in [2.75, 3.05) is 11.9 Å². The molecule has 0 unspecified atom stereocenters. The number of fused-ring (bicyclic) bond motifs is 1. The van der Waals surface area contributed by atoms with Gasteiger partial charge in [-0.15, -0.1) is 5.10 Å². The van der Waals surface area contributed by atoms with E-state index in [1.54, 1.807) is 23.3 Å². The lowest BCUT2D eigenvalue weighted by atomic mass is 9.87. The van der Waals surface area contributed by atoms with Crippen molar-refractivity contribution in [2.24, 2.45) is 0 Å². The number of carbonyl (C=O) groups is 1. The highest BCUT2D eigenvalue weighted by molar-refractivity contribution is 5.94. The van der Waals surface area contributed by atoms with E-state index in [9.17, 15) is 4.79 Å². The zero-order valence-corrected chi connectivity index (χ0v) is 22.6. The van der Waals surface area contributed by atoms with E-state index < -0.39 is 0 Å². The van der Waals surface area contributed by atoms with Crippen LogP contribution in [0.15, 0.2) is 49.1 Å². The Balaban J connectivity index is 1.35. The molecule has 10 nitrogen and oxygen atoms in total. The number of hydrogen-bond acceptors (Lipinski definition) is 8. The Bertz CT molecular complexity index is 1430. The fraction of sp³-hybridized carbons (Fsp3) is 0.429. The normalized spacial score (nSPS) is 15.8. The van der Waals surface area contributed by atoms with Crippen LogP contribution in [0, 0.1) is 0 Å². The van der Waals surface area contributed by atoms with Crippen molar-refractivity contribution in [3.8, 4) is 11.3 Å². The fourth-order valence-corrected chi connectivity index (χ4v) is 4.62. The largest absolute Gasteiger partial charge is 0.321 e. The summed E-state index contributed by atoms with van der Waals surface area (Å²) in [5.74, 6) is 0.654. The number of hydrogen-bond donors (Lipinski definition) is 2. The lowest BCUT2D eigenvalue weighted by Crippen LogP contribution is -2.22. The Morgan fingerprint density at radius 2 is 2.05 bits per heavy atom. The lowest BCUT2D eigenvalue weighted by molar-refractivity contribution is 0.0967. The minimum Gasteiger partial charge on any atom is -0.321 e. The van der Waals surface area contributed by atoms with Gasteiger partial charge in [-0.3, -0.25) is 9.48 Å². The number of benzene rings is 1. The second-order valence-electron chi connectivity index (χ2n) is 11.1. The van der Waals surface area contributed by atoms with Crippen LogP contribution in [0.1, 0.15) is 81.0 Å². The zero-order chi connectivity index (χ0) is 26.9. The van der Waals surface area contributed by atoms with Gasteiger partial charge < -0.3 is 10.6 Å². The predicted molar refractivity (Wildman–Crippen MR) is 146 cm³/mol. The van der Waals surface area contributed by atoms with E-state index >= 15 is 0 Å². The van der Waals surface area contributed by atoms with Crippen LogP contribution in [-0.4, -0.2) is 47.1 Å². The van der Waals surface area contributed by atoms with Crippen LogP contribution in [0.4, 0.5) is 11.6 Å². The molecule has 5 rings (SSSR count). The topological polar surface area (TPSA) is 115 Å². The zero-order valence-electron chi connectivity index (χ0n) is 22.6. The Kier molecular flexibility index (Phi) is 7.07. The summed E-state index contributed by atoms with van der Waals surface area (Å²) in [4.78, 5) is 22.3. The molecule has 1 aromatic carbocycles. The minimum absolute atomic E-state index is 0.0229. The van der Waals surface area contributed by atoms with Crippen LogP contribution in [-0.2, 0) is 12.1 Å². The minimum atomic E-state index is -0.215. The van der Waals surface area contributed by atoms with Gasteiger partial charge in [0.25, 0.3) is 0 Å². The Morgan fingerprint density at radius 1 is 1.21 bits per heavy atom. The van der Waals surface area contributed by atoms with E-state index in [1.165, 1.54) is 11.1 Å². The number of rotatable bonds is 7. The molecule has 0 radical (unpaired) electrons. The van der Waals surface area contributed by atoms with Gasteiger partial charge in [-0.2, -0.15) is 5.10 Å². The van der Waals surface area contributed by atoms with Gasteiger partial charge in [-0.1, -0.05) is 17.3 Å². The molecule has 1 aliphatic rings. The van der Waals surface area contributed by atoms with Crippen LogP contribution in [0.25, 0.3) is 11.3 Å². The molecule has 198 valence electrons. The summed E-state index contributed by atoms with van der Waals surface area (Å²) in [6, 6.07) is 8.59. The molecule has 3 aromatic heterocycles. The summed E-state index contributed by atoms with van der Waals surface area (Å²) >= 11 is 0. The van der Waals surface area contributed by atoms with E-state index in [0.29, 0.717) is 18.1 Å². The molecule has 0 amide bonds. The molecular weight excluding hydrogens is 478 g/mol. The first-order valence-corrected chi connectivity index (χ1v) is 13.1. The third kappa shape index (κ3) is 5.65. The van der Waals surface area contributed by atoms with Gasteiger partial charge >= 0.3 is 0 Å². The van der Waals surface area contributed by atoms with Crippen molar-refractivity contribution in [1.29, 1.82) is 0 Å². The summed E-state index contributed by atoms with van der Waals surface area (Å²) in [5, 5.41) is 19.4. The van der Waals surface area contributed by atoms with Gasteiger partial charge in [-0.25, -0.2) is 14.6 Å². The van der Waals surface area contributed by atoms with Gasteiger partial charge in [0.05, 0.1) is 29.3 Å². The molecule has 0 bridgehead atoms. The van der Waals surface area contributed by atoms with E-state index in [0.717, 1.165) is 36.5 Å². The molecule has 4 aromatic rings. The van der Waals surface area contributed by atoms with Crippen LogP contribution < -0.4 is 10.6 Å². The number of anilines is 2. The fourth-order valence-electron chi connectivity index (χ4n) is 4.62. The molecule has 2 N–H and O–H groups in total. The monoisotopic (exact) mass is 513 g/mol. The third-order valence-corrected chi connectivity index (χ3v) is 6.80. The highest BCUT2D eigenvalue weighted by Crippen LogP contribution is 2.33. The Labute approximate surface area is 222 Å². The first kappa shape index (κ1) is 25.7. The van der Waals surface area contributed by atoms with Gasteiger partial charge in [-0.05, 0) is 76.8 Å². The highest BCUT2D eigenvalue weighted by atomic mass is 16.1. The van der Waals surface area contributed by atoms with Gasteiger partial charge in [0.2, 0.25) is 5.95 Å². The molecule has 0 fully saturated rings. The van der Waals surface area contributed by atoms with Crippen LogP contribution >= 0.6 is 0 Å².